The van der Waals surface area contributed by atoms with E-state index in [0.29, 0.717) is 23.7 Å². The van der Waals surface area contributed by atoms with E-state index in [1.807, 2.05) is 23.6 Å². The number of nitrogens with one attached hydrogen (secondary N) is 3. The number of amides is 1. The van der Waals surface area contributed by atoms with Gasteiger partial charge in [-0.15, -0.1) is 0 Å². The van der Waals surface area contributed by atoms with Crippen LogP contribution in [0.4, 0.5) is 15.8 Å². The minimum Gasteiger partial charge on any atom is -0.381 e. The summed E-state index contributed by atoms with van der Waals surface area (Å²) in [5, 5.41) is 9.70. The van der Waals surface area contributed by atoms with Gasteiger partial charge in [-0.3, -0.25) is 9.20 Å². The van der Waals surface area contributed by atoms with Crippen molar-refractivity contribution in [3.63, 3.8) is 0 Å². The van der Waals surface area contributed by atoms with Crippen molar-refractivity contribution >= 4 is 22.9 Å². The number of anilines is 2. The van der Waals surface area contributed by atoms with E-state index in [4.69, 9.17) is 4.74 Å². The van der Waals surface area contributed by atoms with Crippen molar-refractivity contribution in [1.29, 1.82) is 0 Å². The molecule has 1 atom stereocenters. The fraction of sp³-hybridized carbons (Fsp3) is 0.259. The number of aromatic nitrogens is 2. The van der Waals surface area contributed by atoms with Crippen LogP contribution < -0.4 is 16.0 Å². The number of halogens is 1. The van der Waals surface area contributed by atoms with Gasteiger partial charge in [0.15, 0.2) is 0 Å². The third kappa shape index (κ3) is 3.84. The van der Waals surface area contributed by atoms with Crippen molar-refractivity contribution in [3.8, 4) is 11.3 Å². The Morgan fingerprint density at radius 1 is 1.23 bits per heavy atom. The Hall–Kier alpha value is -3.75. The molecule has 1 saturated heterocycles. The van der Waals surface area contributed by atoms with Gasteiger partial charge in [-0.05, 0) is 54.4 Å². The van der Waals surface area contributed by atoms with Crippen molar-refractivity contribution in [2.75, 3.05) is 25.6 Å². The van der Waals surface area contributed by atoms with E-state index in [-0.39, 0.29) is 11.7 Å². The molecular formula is C27H26FN5O2. The average molecular weight is 472 g/mol. The van der Waals surface area contributed by atoms with Gasteiger partial charge in [0.05, 0.1) is 29.7 Å². The lowest BCUT2D eigenvalue weighted by atomic mass is 9.93. The maximum atomic E-state index is 13.6. The first-order valence-electron chi connectivity index (χ1n) is 11.8. The van der Waals surface area contributed by atoms with E-state index in [1.165, 1.54) is 23.3 Å². The van der Waals surface area contributed by atoms with Gasteiger partial charge in [0.2, 0.25) is 0 Å². The number of carbonyl (C=O) groups is 1. The summed E-state index contributed by atoms with van der Waals surface area (Å²) >= 11 is 0. The minimum absolute atomic E-state index is 0.112. The normalized spacial score (nSPS) is 17.1. The van der Waals surface area contributed by atoms with Crippen LogP contribution in [-0.4, -0.2) is 35.6 Å². The molecule has 2 aromatic heterocycles. The molecule has 1 amide bonds. The molecule has 2 aromatic carbocycles. The fourth-order valence-corrected chi connectivity index (χ4v) is 5.21. The van der Waals surface area contributed by atoms with Crippen molar-refractivity contribution < 1.29 is 13.9 Å². The van der Waals surface area contributed by atoms with Crippen LogP contribution in [0.15, 0.2) is 54.9 Å². The van der Waals surface area contributed by atoms with Crippen LogP contribution in [0.3, 0.4) is 0 Å². The molecule has 178 valence electrons. The molecule has 2 aliphatic heterocycles. The molecule has 0 saturated carbocycles. The molecule has 6 rings (SSSR count). The largest absolute Gasteiger partial charge is 0.381 e. The SMILES string of the molecule is CNCc1cc(Nc2ccc(-c3cnc4cc(F)ccn34)c3c2C(=O)NC3)ccc1[C@@H]1CCOC1. The summed E-state index contributed by atoms with van der Waals surface area (Å²) in [6, 6.07) is 13.1. The molecule has 1 fully saturated rings. The van der Waals surface area contributed by atoms with Gasteiger partial charge in [0.25, 0.3) is 5.91 Å². The molecule has 2 aliphatic rings. The van der Waals surface area contributed by atoms with E-state index in [2.05, 4.69) is 39.1 Å². The van der Waals surface area contributed by atoms with Crippen LogP contribution >= 0.6 is 0 Å². The second-order valence-corrected chi connectivity index (χ2v) is 9.04. The molecule has 3 N–H and O–H groups in total. The van der Waals surface area contributed by atoms with Crippen LogP contribution in [0.5, 0.6) is 0 Å². The van der Waals surface area contributed by atoms with Crippen LogP contribution in [0.25, 0.3) is 16.9 Å². The number of carbonyl (C=O) groups excluding carboxylic acids is 1. The maximum Gasteiger partial charge on any atom is 0.254 e. The second-order valence-electron chi connectivity index (χ2n) is 9.04. The van der Waals surface area contributed by atoms with E-state index in [0.717, 1.165) is 54.4 Å². The van der Waals surface area contributed by atoms with Gasteiger partial charge < -0.3 is 20.7 Å². The lowest BCUT2D eigenvalue weighted by molar-refractivity contribution is 0.0966. The molecule has 0 spiro atoms. The number of ether oxygens (including phenoxy) is 1. The van der Waals surface area contributed by atoms with Gasteiger partial charge in [-0.25, -0.2) is 9.37 Å². The molecule has 0 unspecified atom stereocenters. The molecule has 8 heteroatoms. The van der Waals surface area contributed by atoms with Crippen molar-refractivity contribution in [2.24, 2.45) is 0 Å². The van der Waals surface area contributed by atoms with Gasteiger partial charge in [-0.2, -0.15) is 0 Å². The summed E-state index contributed by atoms with van der Waals surface area (Å²) in [7, 11) is 1.94. The molecular weight excluding hydrogens is 445 g/mol. The van der Waals surface area contributed by atoms with Crippen molar-refractivity contribution in [3.05, 3.63) is 82.9 Å². The zero-order chi connectivity index (χ0) is 23.9. The lowest BCUT2D eigenvalue weighted by Gasteiger charge is -2.18. The van der Waals surface area contributed by atoms with Crippen LogP contribution in [0.1, 0.15) is 39.4 Å². The summed E-state index contributed by atoms with van der Waals surface area (Å²) in [6.45, 7) is 2.75. The molecule has 0 bridgehead atoms. The number of hydrogen-bond donors (Lipinski definition) is 3. The topological polar surface area (TPSA) is 79.7 Å². The van der Waals surface area contributed by atoms with Gasteiger partial charge >= 0.3 is 0 Å². The van der Waals surface area contributed by atoms with Crippen LogP contribution in [-0.2, 0) is 17.8 Å². The Morgan fingerprint density at radius 3 is 2.97 bits per heavy atom. The quantitative estimate of drug-likeness (QED) is 0.390. The lowest BCUT2D eigenvalue weighted by Crippen LogP contribution is -2.14. The van der Waals surface area contributed by atoms with E-state index in [1.54, 1.807) is 12.4 Å². The standard InChI is InChI=1S/C27H26FN5O2/c1-29-12-17-10-19(2-3-20(17)16-7-9-35-15-16)32-23-5-4-21(22-13-31-27(34)26(22)23)24-14-30-25-11-18(28)6-8-33(24)25/h2-6,8,10-11,14,16,29,32H,7,9,12-13,15H2,1H3,(H,31,34)/t16-/m1/s1. The zero-order valence-corrected chi connectivity index (χ0v) is 19.4. The summed E-state index contributed by atoms with van der Waals surface area (Å²) < 4.78 is 21.1. The summed E-state index contributed by atoms with van der Waals surface area (Å²) in [5.74, 6) is -0.0274. The highest BCUT2D eigenvalue weighted by Crippen LogP contribution is 2.36. The highest BCUT2D eigenvalue weighted by atomic mass is 19.1. The van der Waals surface area contributed by atoms with Crippen LogP contribution in [0.2, 0.25) is 0 Å². The van der Waals surface area contributed by atoms with Crippen molar-refractivity contribution in [1.82, 2.24) is 20.0 Å². The molecule has 35 heavy (non-hydrogen) atoms. The molecule has 7 nitrogen and oxygen atoms in total. The summed E-state index contributed by atoms with van der Waals surface area (Å²) in [5.41, 5.74) is 7.99. The zero-order valence-electron chi connectivity index (χ0n) is 19.4. The first kappa shape index (κ1) is 21.8. The molecule has 4 aromatic rings. The van der Waals surface area contributed by atoms with Crippen molar-refractivity contribution in [2.45, 2.75) is 25.4 Å². The van der Waals surface area contributed by atoms with E-state index < -0.39 is 0 Å². The average Bonchev–Trinajstić information content (AvgIpc) is 3.60. The molecule has 4 heterocycles. The highest BCUT2D eigenvalue weighted by molar-refractivity contribution is 6.06. The predicted octanol–water partition coefficient (Wildman–Crippen LogP) is 4.35. The second kappa shape index (κ2) is 8.79. The third-order valence-electron chi connectivity index (χ3n) is 6.88. The number of imidazole rings is 1. The van der Waals surface area contributed by atoms with Crippen LogP contribution in [0, 0.1) is 5.82 Å². The minimum atomic E-state index is -0.333. The Balaban J connectivity index is 1.38. The number of nitrogens with zero attached hydrogens (tertiary/aromatic N) is 2. The molecule has 0 radical (unpaired) electrons. The Morgan fingerprint density at radius 2 is 2.14 bits per heavy atom. The first-order valence-corrected chi connectivity index (χ1v) is 11.8. The van der Waals surface area contributed by atoms with E-state index in [9.17, 15) is 9.18 Å². The predicted molar refractivity (Wildman–Crippen MR) is 132 cm³/mol. The number of hydrogen-bond acceptors (Lipinski definition) is 5. The maximum absolute atomic E-state index is 13.6. The Bertz CT molecular complexity index is 1440. The monoisotopic (exact) mass is 471 g/mol. The van der Waals surface area contributed by atoms with E-state index >= 15 is 0 Å². The number of pyridine rings is 1. The number of fused-ring (bicyclic) bond motifs is 2. The number of rotatable bonds is 6. The highest BCUT2D eigenvalue weighted by Gasteiger charge is 2.27. The van der Waals surface area contributed by atoms with Gasteiger partial charge in [0.1, 0.15) is 11.5 Å². The fourth-order valence-electron chi connectivity index (χ4n) is 5.21. The summed E-state index contributed by atoms with van der Waals surface area (Å²) in [6.07, 6.45) is 4.42. The van der Waals surface area contributed by atoms with Gasteiger partial charge in [0, 0.05) is 49.1 Å². The Labute approximate surface area is 202 Å². The summed E-state index contributed by atoms with van der Waals surface area (Å²) in [4.78, 5) is 17.2. The molecule has 0 aliphatic carbocycles. The number of benzene rings is 2. The van der Waals surface area contributed by atoms with Gasteiger partial charge in [-0.1, -0.05) is 12.1 Å². The first-order chi connectivity index (χ1) is 17.1. The smallest absolute Gasteiger partial charge is 0.254 e. The Kier molecular flexibility index (Phi) is 5.47. The third-order valence-corrected chi connectivity index (χ3v) is 6.88.